The molecular formula is C15H21N3O6S. The van der Waals surface area contributed by atoms with Crippen molar-refractivity contribution in [2.75, 3.05) is 18.1 Å². The van der Waals surface area contributed by atoms with E-state index in [1.165, 1.54) is 38.1 Å². The van der Waals surface area contributed by atoms with Gasteiger partial charge in [0.1, 0.15) is 5.54 Å². The van der Waals surface area contributed by atoms with Gasteiger partial charge in [0.05, 0.1) is 12.7 Å². The molecule has 2 amide bonds. The molecule has 0 saturated heterocycles. The van der Waals surface area contributed by atoms with E-state index < -0.39 is 33.3 Å². The van der Waals surface area contributed by atoms with Crippen LogP contribution in [0.3, 0.4) is 0 Å². The average molecular weight is 371 g/mol. The van der Waals surface area contributed by atoms with Crippen molar-refractivity contribution in [1.29, 1.82) is 0 Å². The van der Waals surface area contributed by atoms with Crippen LogP contribution in [0.2, 0.25) is 0 Å². The summed E-state index contributed by atoms with van der Waals surface area (Å²) in [6, 6.07) is 5.90. The highest BCUT2D eigenvalue weighted by Gasteiger charge is 2.30. The van der Waals surface area contributed by atoms with Crippen LogP contribution in [0.5, 0.6) is 0 Å². The predicted molar refractivity (Wildman–Crippen MR) is 91.7 cm³/mol. The fourth-order valence-electron chi connectivity index (χ4n) is 1.89. The minimum absolute atomic E-state index is 0.0119. The van der Waals surface area contributed by atoms with Gasteiger partial charge >= 0.3 is 5.97 Å². The molecule has 4 N–H and O–H groups in total. The number of aliphatic carboxylic acids is 1. The van der Waals surface area contributed by atoms with Gasteiger partial charge in [-0.2, -0.15) is 0 Å². The number of amides is 2. The van der Waals surface area contributed by atoms with Gasteiger partial charge in [0.15, 0.2) is 0 Å². The molecule has 138 valence electrons. The number of hydrogen-bond donors (Lipinski definition) is 4. The third kappa shape index (κ3) is 7.31. The van der Waals surface area contributed by atoms with Crippen molar-refractivity contribution in [3.63, 3.8) is 0 Å². The number of carbonyl (C=O) groups excluding carboxylic acids is 2. The molecule has 0 radical (unpaired) electrons. The Bertz CT molecular complexity index is 756. The normalized spacial score (nSPS) is 11.6. The number of rotatable bonds is 8. The van der Waals surface area contributed by atoms with E-state index in [-0.39, 0.29) is 13.0 Å². The Morgan fingerprint density at radius 3 is 2.16 bits per heavy atom. The second-order valence-corrected chi connectivity index (χ2v) is 7.68. The zero-order chi connectivity index (χ0) is 19.3. The molecule has 0 saturated carbocycles. The smallest absolute Gasteiger partial charge is 0.305 e. The van der Waals surface area contributed by atoms with E-state index in [9.17, 15) is 22.8 Å². The van der Waals surface area contributed by atoms with Crippen molar-refractivity contribution in [2.24, 2.45) is 0 Å². The summed E-state index contributed by atoms with van der Waals surface area (Å²) in [5, 5.41) is 13.5. The number of benzene rings is 1. The van der Waals surface area contributed by atoms with Gasteiger partial charge in [-0.25, -0.2) is 13.1 Å². The summed E-state index contributed by atoms with van der Waals surface area (Å²) < 4.78 is 24.8. The van der Waals surface area contributed by atoms with Gasteiger partial charge < -0.3 is 15.7 Å². The maximum absolute atomic E-state index is 12.2. The first-order valence-electron chi connectivity index (χ1n) is 7.31. The summed E-state index contributed by atoms with van der Waals surface area (Å²) in [7, 11) is -3.56. The standard InChI is InChI=1S/C15H21N3O6S/c1-15(2,18-25(3,23)24)14(22)17-11-6-4-10(5-7-11)13(21)16-9-8-12(19)20/h4-7,18H,8-9H2,1-3H3,(H,16,21)(H,17,22)(H,19,20). The molecule has 0 spiro atoms. The molecular weight excluding hydrogens is 350 g/mol. The molecule has 0 heterocycles. The molecule has 1 rings (SSSR count). The molecule has 0 aliphatic carbocycles. The van der Waals surface area contributed by atoms with Gasteiger partial charge in [0.2, 0.25) is 15.9 Å². The summed E-state index contributed by atoms with van der Waals surface area (Å²) in [6.07, 6.45) is 0.780. The quantitative estimate of drug-likeness (QED) is 0.513. The minimum Gasteiger partial charge on any atom is -0.481 e. The van der Waals surface area contributed by atoms with E-state index in [4.69, 9.17) is 5.11 Å². The van der Waals surface area contributed by atoms with E-state index in [0.29, 0.717) is 11.3 Å². The number of carboxylic acids is 1. The maximum Gasteiger partial charge on any atom is 0.305 e. The lowest BCUT2D eigenvalue weighted by atomic mass is 10.1. The van der Waals surface area contributed by atoms with Gasteiger partial charge in [-0.15, -0.1) is 0 Å². The van der Waals surface area contributed by atoms with Crippen LogP contribution < -0.4 is 15.4 Å². The molecule has 25 heavy (non-hydrogen) atoms. The van der Waals surface area contributed by atoms with Crippen LogP contribution in [0, 0.1) is 0 Å². The Balaban J connectivity index is 2.69. The third-order valence-corrected chi connectivity index (χ3v) is 3.92. The van der Waals surface area contributed by atoms with Crippen molar-refractivity contribution in [3.8, 4) is 0 Å². The van der Waals surface area contributed by atoms with Crippen molar-refractivity contribution in [1.82, 2.24) is 10.0 Å². The first-order valence-corrected chi connectivity index (χ1v) is 9.20. The first kappa shape index (κ1) is 20.6. The van der Waals surface area contributed by atoms with Crippen LogP contribution in [0.1, 0.15) is 30.6 Å². The molecule has 0 bridgehead atoms. The Hall–Kier alpha value is -2.46. The number of carboxylic acid groups (broad SMARTS) is 1. The summed E-state index contributed by atoms with van der Waals surface area (Å²) in [4.78, 5) is 34.4. The van der Waals surface area contributed by atoms with Crippen LogP contribution in [0.15, 0.2) is 24.3 Å². The molecule has 0 aliphatic rings. The highest BCUT2D eigenvalue weighted by atomic mass is 32.2. The molecule has 10 heteroatoms. The van der Waals surface area contributed by atoms with Crippen LogP contribution in [-0.4, -0.2) is 49.6 Å². The molecule has 1 aromatic rings. The zero-order valence-corrected chi connectivity index (χ0v) is 14.9. The second kappa shape index (κ2) is 8.08. The molecule has 1 aromatic carbocycles. The average Bonchev–Trinajstić information content (AvgIpc) is 2.45. The molecule has 0 fully saturated rings. The van der Waals surface area contributed by atoms with E-state index >= 15 is 0 Å². The molecule has 0 aromatic heterocycles. The van der Waals surface area contributed by atoms with E-state index in [2.05, 4.69) is 15.4 Å². The van der Waals surface area contributed by atoms with Crippen molar-refractivity contribution < 1.29 is 27.9 Å². The fraction of sp³-hybridized carbons (Fsp3) is 0.400. The zero-order valence-electron chi connectivity index (χ0n) is 14.1. The molecule has 9 nitrogen and oxygen atoms in total. The van der Waals surface area contributed by atoms with Crippen molar-refractivity contribution in [3.05, 3.63) is 29.8 Å². The van der Waals surface area contributed by atoms with Crippen LogP contribution in [0.25, 0.3) is 0 Å². The Morgan fingerprint density at radius 1 is 1.12 bits per heavy atom. The Kier molecular flexibility index (Phi) is 6.65. The number of carbonyl (C=O) groups is 3. The monoisotopic (exact) mass is 371 g/mol. The summed E-state index contributed by atoms with van der Waals surface area (Å²) >= 11 is 0. The van der Waals surface area contributed by atoms with Crippen LogP contribution in [0.4, 0.5) is 5.69 Å². The van der Waals surface area contributed by atoms with Crippen LogP contribution in [-0.2, 0) is 19.6 Å². The van der Waals surface area contributed by atoms with Gasteiger partial charge in [-0.3, -0.25) is 14.4 Å². The predicted octanol–water partition coefficient (Wildman–Crippen LogP) is 0.157. The lowest BCUT2D eigenvalue weighted by Gasteiger charge is -2.23. The largest absolute Gasteiger partial charge is 0.481 e. The SMILES string of the molecule is CC(C)(NS(C)(=O)=O)C(=O)Nc1ccc(C(=O)NCCC(=O)O)cc1. The minimum atomic E-state index is -3.56. The maximum atomic E-state index is 12.2. The lowest BCUT2D eigenvalue weighted by Crippen LogP contribution is -2.51. The fourth-order valence-corrected chi connectivity index (χ4v) is 2.91. The first-order chi connectivity index (χ1) is 11.4. The van der Waals surface area contributed by atoms with Gasteiger partial charge in [0.25, 0.3) is 5.91 Å². The summed E-state index contributed by atoms with van der Waals surface area (Å²) in [5.41, 5.74) is -0.659. The van der Waals surface area contributed by atoms with Gasteiger partial charge in [-0.1, -0.05) is 0 Å². The van der Waals surface area contributed by atoms with E-state index in [0.717, 1.165) is 6.26 Å². The van der Waals surface area contributed by atoms with E-state index in [1.807, 2.05) is 0 Å². The topological polar surface area (TPSA) is 142 Å². The van der Waals surface area contributed by atoms with Crippen molar-refractivity contribution in [2.45, 2.75) is 25.8 Å². The number of sulfonamides is 1. The highest BCUT2D eigenvalue weighted by molar-refractivity contribution is 7.88. The molecule has 0 unspecified atom stereocenters. The lowest BCUT2D eigenvalue weighted by molar-refractivity contribution is -0.136. The molecule has 0 atom stereocenters. The second-order valence-electron chi connectivity index (χ2n) is 5.93. The summed E-state index contributed by atoms with van der Waals surface area (Å²) in [5.74, 6) is -2.00. The van der Waals surface area contributed by atoms with E-state index in [1.54, 1.807) is 0 Å². The Labute approximate surface area is 145 Å². The van der Waals surface area contributed by atoms with Crippen LogP contribution >= 0.6 is 0 Å². The molecule has 0 aliphatic heterocycles. The van der Waals surface area contributed by atoms with Gasteiger partial charge in [-0.05, 0) is 38.1 Å². The van der Waals surface area contributed by atoms with Crippen molar-refractivity contribution >= 4 is 33.5 Å². The number of hydrogen-bond acceptors (Lipinski definition) is 5. The summed E-state index contributed by atoms with van der Waals surface area (Å²) in [6.45, 7) is 2.86. The third-order valence-electron chi connectivity index (χ3n) is 3.04. The Morgan fingerprint density at radius 2 is 1.68 bits per heavy atom. The van der Waals surface area contributed by atoms with Gasteiger partial charge in [0, 0.05) is 17.8 Å². The number of anilines is 1. The highest BCUT2D eigenvalue weighted by Crippen LogP contribution is 2.13. The number of nitrogens with one attached hydrogen (secondary N) is 3.